The fraction of sp³-hybridized carbons (Fsp3) is 0.542. The third-order valence-corrected chi connectivity index (χ3v) is 6.51. The Morgan fingerprint density at radius 3 is 2.76 bits per heavy atom. The maximum atomic E-state index is 12.1. The van der Waals surface area contributed by atoms with Crippen LogP contribution in [-0.2, 0) is 9.59 Å². The molecule has 9 heteroatoms. The molecule has 9 nitrogen and oxygen atoms in total. The fourth-order valence-electron chi connectivity index (χ4n) is 4.89. The van der Waals surface area contributed by atoms with E-state index in [4.69, 9.17) is 9.97 Å². The summed E-state index contributed by atoms with van der Waals surface area (Å²) < 4.78 is 0. The monoisotopic (exact) mass is 451 g/mol. The highest BCUT2D eigenvalue weighted by atomic mass is 16.2. The van der Waals surface area contributed by atoms with Crippen molar-refractivity contribution in [3.05, 3.63) is 31.0 Å². The Morgan fingerprint density at radius 2 is 2.06 bits per heavy atom. The van der Waals surface area contributed by atoms with Crippen LogP contribution in [0.2, 0.25) is 0 Å². The van der Waals surface area contributed by atoms with Gasteiger partial charge in [-0.05, 0) is 37.0 Å². The molecular weight excluding hydrogens is 418 g/mol. The zero-order valence-corrected chi connectivity index (χ0v) is 19.7. The van der Waals surface area contributed by atoms with Gasteiger partial charge < -0.3 is 20.4 Å². The molecule has 1 atom stereocenters. The Kier molecular flexibility index (Phi) is 6.49. The van der Waals surface area contributed by atoms with E-state index >= 15 is 0 Å². The summed E-state index contributed by atoms with van der Waals surface area (Å²) in [7, 11) is 1.65. The minimum Gasteiger partial charge on any atom is -0.365 e. The molecule has 0 bridgehead atoms. The van der Waals surface area contributed by atoms with Gasteiger partial charge in [-0.3, -0.25) is 14.6 Å². The van der Waals surface area contributed by atoms with Crippen molar-refractivity contribution in [1.82, 2.24) is 25.2 Å². The Morgan fingerprint density at radius 1 is 1.27 bits per heavy atom. The number of anilines is 2. The van der Waals surface area contributed by atoms with Crippen molar-refractivity contribution in [2.45, 2.75) is 39.2 Å². The number of rotatable bonds is 8. The van der Waals surface area contributed by atoms with Gasteiger partial charge in [0.25, 0.3) is 0 Å². The Balaban J connectivity index is 1.57. The fourth-order valence-corrected chi connectivity index (χ4v) is 4.89. The number of pyridine rings is 1. The van der Waals surface area contributed by atoms with Gasteiger partial charge in [0, 0.05) is 57.3 Å². The molecule has 2 aromatic heterocycles. The minimum atomic E-state index is -0.0621. The van der Waals surface area contributed by atoms with Crippen molar-refractivity contribution in [1.29, 1.82) is 0 Å². The van der Waals surface area contributed by atoms with E-state index in [1.807, 2.05) is 17.0 Å². The summed E-state index contributed by atoms with van der Waals surface area (Å²) in [5.41, 5.74) is 1.57. The quantitative estimate of drug-likeness (QED) is 0.593. The summed E-state index contributed by atoms with van der Waals surface area (Å²) in [5, 5.41) is 6.21. The highest BCUT2D eigenvalue weighted by molar-refractivity contribution is 5.88. The molecule has 2 aromatic rings. The number of hydrogen-bond donors (Lipinski definition) is 2. The van der Waals surface area contributed by atoms with Gasteiger partial charge in [0.05, 0.1) is 5.52 Å². The van der Waals surface area contributed by atoms with Gasteiger partial charge in [0.15, 0.2) is 5.82 Å². The van der Waals surface area contributed by atoms with Crippen molar-refractivity contribution in [3.8, 4) is 0 Å². The second-order valence-electron chi connectivity index (χ2n) is 9.66. The first kappa shape index (κ1) is 22.9. The van der Waals surface area contributed by atoms with E-state index in [2.05, 4.69) is 40.9 Å². The number of amides is 2. The third kappa shape index (κ3) is 4.91. The zero-order valence-electron chi connectivity index (χ0n) is 19.7. The molecule has 0 radical (unpaired) electrons. The summed E-state index contributed by atoms with van der Waals surface area (Å²) in [6.07, 6.45) is 5.31. The molecule has 2 aliphatic heterocycles. The molecule has 2 saturated heterocycles. The number of nitrogens with zero attached hydrogens (tertiary/aromatic N) is 5. The number of nitrogens with one attached hydrogen (secondary N) is 2. The number of hydrogen-bond acceptors (Lipinski definition) is 7. The van der Waals surface area contributed by atoms with Gasteiger partial charge in [0.2, 0.25) is 17.8 Å². The van der Waals surface area contributed by atoms with E-state index in [1.54, 1.807) is 13.2 Å². The predicted molar refractivity (Wildman–Crippen MR) is 129 cm³/mol. The van der Waals surface area contributed by atoms with E-state index < -0.39 is 0 Å². The van der Waals surface area contributed by atoms with E-state index in [-0.39, 0.29) is 23.3 Å². The molecule has 4 heterocycles. The number of carbonyl (C=O) groups is 2. The average Bonchev–Trinajstić information content (AvgIpc) is 3.23. The minimum absolute atomic E-state index is 0.00842. The highest BCUT2D eigenvalue weighted by Crippen LogP contribution is 2.41. The van der Waals surface area contributed by atoms with Crippen LogP contribution in [-0.4, -0.2) is 70.9 Å². The summed E-state index contributed by atoms with van der Waals surface area (Å²) >= 11 is 0. The molecule has 0 unspecified atom stereocenters. The largest absolute Gasteiger partial charge is 0.365 e. The lowest BCUT2D eigenvalue weighted by molar-refractivity contribution is -0.136. The van der Waals surface area contributed by atoms with Gasteiger partial charge in [-0.25, -0.2) is 4.98 Å². The maximum absolute atomic E-state index is 12.1. The zero-order chi connectivity index (χ0) is 23.6. The van der Waals surface area contributed by atoms with Crippen LogP contribution in [0.5, 0.6) is 0 Å². The normalized spacial score (nSPS) is 17.8. The third-order valence-electron chi connectivity index (χ3n) is 6.51. The van der Waals surface area contributed by atoms with Gasteiger partial charge in [-0.15, -0.1) is 0 Å². The molecule has 33 heavy (non-hydrogen) atoms. The molecule has 176 valence electrons. The molecule has 2 amide bonds. The van der Waals surface area contributed by atoms with Crippen molar-refractivity contribution in [2.24, 2.45) is 11.3 Å². The molecule has 2 aliphatic rings. The SMILES string of the molecule is C=CC(=O)N1CC2(CCN(c3nc(N[C@H](CC(=O)NC)CC(C)C)c4ncccc4n3)C2)C1. The van der Waals surface area contributed by atoms with Crippen molar-refractivity contribution >= 4 is 34.6 Å². The maximum Gasteiger partial charge on any atom is 0.245 e. The summed E-state index contributed by atoms with van der Waals surface area (Å²) in [6.45, 7) is 11.0. The predicted octanol–water partition coefficient (Wildman–Crippen LogP) is 2.21. The van der Waals surface area contributed by atoms with Crippen molar-refractivity contribution in [3.63, 3.8) is 0 Å². The van der Waals surface area contributed by atoms with Crippen LogP contribution in [0, 0.1) is 11.3 Å². The summed E-state index contributed by atoms with van der Waals surface area (Å²) in [4.78, 5) is 42.2. The Bertz CT molecular complexity index is 1050. The Labute approximate surface area is 194 Å². The second kappa shape index (κ2) is 9.33. The highest BCUT2D eigenvalue weighted by Gasteiger charge is 2.49. The average molecular weight is 452 g/mol. The molecule has 0 saturated carbocycles. The molecule has 2 N–H and O–H groups in total. The van der Waals surface area contributed by atoms with E-state index in [9.17, 15) is 9.59 Å². The number of likely N-dealkylation sites (tertiary alicyclic amines) is 1. The lowest BCUT2D eigenvalue weighted by Gasteiger charge is -2.47. The van der Waals surface area contributed by atoms with Crippen LogP contribution in [0.15, 0.2) is 31.0 Å². The number of aromatic nitrogens is 3. The second-order valence-corrected chi connectivity index (χ2v) is 9.66. The first-order valence-corrected chi connectivity index (χ1v) is 11.6. The molecular formula is C24H33N7O2. The van der Waals surface area contributed by atoms with Gasteiger partial charge in [0.1, 0.15) is 5.52 Å². The molecule has 1 spiro atoms. The smallest absolute Gasteiger partial charge is 0.245 e. The van der Waals surface area contributed by atoms with Gasteiger partial charge in [-0.1, -0.05) is 20.4 Å². The van der Waals surface area contributed by atoms with Crippen molar-refractivity contribution < 1.29 is 9.59 Å². The van der Waals surface area contributed by atoms with E-state index in [0.29, 0.717) is 29.6 Å². The standard InChI is InChI=1S/C24H33N7O2/c1-5-20(33)31-14-24(15-31)8-10-30(13-24)23-28-18-7-6-9-26-21(18)22(29-23)27-17(11-16(2)3)12-19(32)25-4/h5-7,9,16-17H,1,8,10-15H2,2-4H3,(H,25,32)(H,27,28,29)/t17-/m0/s1. The van der Waals surface area contributed by atoms with Crippen molar-refractivity contribution in [2.75, 3.05) is 43.4 Å². The van der Waals surface area contributed by atoms with Crippen LogP contribution < -0.4 is 15.5 Å². The molecule has 4 rings (SSSR count). The topological polar surface area (TPSA) is 103 Å². The Hall–Kier alpha value is -3.23. The molecule has 2 fully saturated rings. The van der Waals surface area contributed by atoms with E-state index in [0.717, 1.165) is 44.5 Å². The first-order chi connectivity index (χ1) is 15.8. The first-order valence-electron chi connectivity index (χ1n) is 11.6. The van der Waals surface area contributed by atoms with Crippen LogP contribution in [0.1, 0.15) is 33.1 Å². The molecule has 0 aromatic carbocycles. The number of carbonyl (C=O) groups excluding carboxylic acids is 2. The summed E-state index contributed by atoms with van der Waals surface area (Å²) in [5.74, 6) is 1.72. The number of fused-ring (bicyclic) bond motifs is 1. The molecule has 0 aliphatic carbocycles. The van der Waals surface area contributed by atoms with E-state index in [1.165, 1.54) is 6.08 Å². The lowest BCUT2D eigenvalue weighted by Crippen LogP contribution is -2.59. The van der Waals surface area contributed by atoms with Gasteiger partial charge >= 0.3 is 0 Å². The van der Waals surface area contributed by atoms with Crippen LogP contribution in [0.3, 0.4) is 0 Å². The van der Waals surface area contributed by atoms with Gasteiger partial charge in [-0.2, -0.15) is 4.98 Å². The van der Waals surface area contributed by atoms with Crippen LogP contribution in [0.25, 0.3) is 11.0 Å². The van der Waals surface area contributed by atoms with Crippen LogP contribution in [0.4, 0.5) is 11.8 Å². The van der Waals surface area contributed by atoms with Crippen LogP contribution >= 0.6 is 0 Å². The lowest BCUT2D eigenvalue weighted by atomic mass is 9.79. The summed E-state index contributed by atoms with van der Waals surface area (Å²) in [6, 6.07) is 3.75.